The molecule has 5 rings (SSSR count). The molecule has 114 valence electrons. The number of aryl methyl sites for hydroxylation is 1. The molecule has 0 heterocycles. The van der Waals surface area contributed by atoms with E-state index in [0.29, 0.717) is 5.92 Å². The van der Waals surface area contributed by atoms with Gasteiger partial charge in [0.25, 0.3) is 0 Å². The largest absolute Gasteiger partial charge is 0.496 e. The van der Waals surface area contributed by atoms with Gasteiger partial charge in [0.05, 0.1) is 13.2 Å². The number of aliphatic hydroxyl groups excluding tert-OH is 1. The van der Waals surface area contributed by atoms with Gasteiger partial charge in [-0.25, -0.2) is 0 Å². The van der Waals surface area contributed by atoms with E-state index in [2.05, 4.69) is 19.1 Å². The maximum atomic E-state index is 11.0. The van der Waals surface area contributed by atoms with Gasteiger partial charge in [-0.1, -0.05) is 6.07 Å². The molecule has 2 nitrogen and oxygen atoms in total. The van der Waals surface area contributed by atoms with Crippen molar-refractivity contribution in [3.8, 4) is 5.75 Å². The van der Waals surface area contributed by atoms with Gasteiger partial charge in [-0.2, -0.15) is 0 Å². The molecule has 1 unspecified atom stereocenters. The van der Waals surface area contributed by atoms with Gasteiger partial charge in [0.2, 0.25) is 0 Å². The molecule has 4 aliphatic rings. The summed E-state index contributed by atoms with van der Waals surface area (Å²) in [5, 5.41) is 11.0. The third-order valence-electron chi connectivity index (χ3n) is 6.42. The Kier molecular flexibility index (Phi) is 3.25. The fourth-order valence-electron chi connectivity index (χ4n) is 5.79. The topological polar surface area (TPSA) is 29.5 Å². The average molecular weight is 286 g/mol. The van der Waals surface area contributed by atoms with E-state index >= 15 is 0 Å². The predicted octanol–water partition coefficient (Wildman–Crippen LogP) is 4.11. The van der Waals surface area contributed by atoms with Crippen LogP contribution in [0, 0.1) is 36.5 Å². The fraction of sp³-hybridized carbons (Fsp3) is 0.684. The lowest BCUT2D eigenvalue weighted by atomic mass is 9.50. The number of ether oxygens (including phenoxy) is 1. The van der Waals surface area contributed by atoms with Crippen LogP contribution in [-0.2, 0) is 0 Å². The Bertz CT molecular complexity index is 508. The molecule has 4 aliphatic carbocycles. The molecular formula is C19H26O2. The van der Waals surface area contributed by atoms with Crippen LogP contribution in [0.1, 0.15) is 49.3 Å². The van der Waals surface area contributed by atoms with E-state index < -0.39 is 0 Å². The summed E-state index contributed by atoms with van der Waals surface area (Å²) >= 11 is 0. The first kappa shape index (κ1) is 13.6. The minimum absolute atomic E-state index is 0.287. The highest BCUT2D eigenvalue weighted by molar-refractivity contribution is 5.37. The van der Waals surface area contributed by atoms with Gasteiger partial charge in [-0.05, 0) is 91.9 Å². The summed E-state index contributed by atoms with van der Waals surface area (Å²) < 4.78 is 5.34. The summed E-state index contributed by atoms with van der Waals surface area (Å²) in [5.41, 5.74) is 2.21. The van der Waals surface area contributed by atoms with E-state index in [1.807, 2.05) is 6.07 Å². The summed E-state index contributed by atoms with van der Waals surface area (Å²) in [5.74, 6) is 4.86. The number of hydrogen-bond donors (Lipinski definition) is 1. The van der Waals surface area contributed by atoms with Crippen LogP contribution in [0.4, 0.5) is 0 Å². The van der Waals surface area contributed by atoms with Crippen LogP contribution in [0.25, 0.3) is 0 Å². The van der Waals surface area contributed by atoms with Gasteiger partial charge < -0.3 is 9.84 Å². The molecular weight excluding hydrogens is 260 g/mol. The van der Waals surface area contributed by atoms with Crippen LogP contribution in [0.3, 0.4) is 0 Å². The minimum Gasteiger partial charge on any atom is -0.496 e. The van der Waals surface area contributed by atoms with Crippen molar-refractivity contribution in [2.45, 2.75) is 45.1 Å². The molecule has 0 aromatic heterocycles. The first-order valence-corrected chi connectivity index (χ1v) is 8.48. The normalized spacial score (nSPS) is 38.5. The fourth-order valence-corrected chi connectivity index (χ4v) is 5.79. The molecule has 0 radical (unpaired) electrons. The summed E-state index contributed by atoms with van der Waals surface area (Å²) in [7, 11) is 1.70. The molecule has 1 aromatic carbocycles. The van der Waals surface area contributed by atoms with Crippen molar-refractivity contribution < 1.29 is 9.84 Å². The minimum atomic E-state index is -0.287. The Labute approximate surface area is 127 Å². The van der Waals surface area contributed by atoms with Crippen LogP contribution >= 0.6 is 0 Å². The molecule has 0 spiro atoms. The molecule has 0 saturated heterocycles. The lowest BCUT2D eigenvalue weighted by molar-refractivity contribution is -0.0908. The summed E-state index contributed by atoms with van der Waals surface area (Å²) in [4.78, 5) is 0. The zero-order chi connectivity index (χ0) is 14.6. The smallest absolute Gasteiger partial charge is 0.121 e. The molecule has 1 aromatic rings. The second kappa shape index (κ2) is 5.01. The van der Waals surface area contributed by atoms with Crippen molar-refractivity contribution in [1.29, 1.82) is 0 Å². The van der Waals surface area contributed by atoms with E-state index in [0.717, 1.165) is 40.5 Å². The number of hydrogen-bond acceptors (Lipinski definition) is 2. The van der Waals surface area contributed by atoms with Gasteiger partial charge in [0, 0.05) is 0 Å². The first-order valence-electron chi connectivity index (χ1n) is 8.48. The Morgan fingerprint density at radius 3 is 2.19 bits per heavy atom. The van der Waals surface area contributed by atoms with Crippen molar-refractivity contribution in [1.82, 2.24) is 0 Å². The third-order valence-corrected chi connectivity index (χ3v) is 6.42. The monoisotopic (exact) mass is 286 g/mol. The number of methoxy groups -OCH3 is 1. The third kappa shape index (κ3) is 2.19. The predicted molar refractivity (Wildman–Crippen MR) is 83.2 cm³/mol. The SMILES string of the molecule is COc1ccc(C(O)C2C3CC4CC(C3)CC2C4)cc1C. The molecule has 4 saturated carbocycles. The molecule has 4 fully saturated rings. The van der Waals surface area contributed by atoms with E-state index in [1.165, 1.54) is 32.1 Å². The molecule has 21 heavy (non-hydrogen) atoms. The number of rotatable bonds is 3. The highest BCUT2D eigenvalue weighted by Crippen LogP contribution is 2.59. The first-order chi connectivity index (χ1) is 10.2. The van der Waals surface area contributed by atoms with Crippen LogP contribution < -0.4 is 4.74 Å². The molecule has 0 amide bonds. The van der Waals surface area contributed by atoms with Crippen molar-refractivity contribution in [3.63, 3.8) is 0 Å². The van der Waals surface area contributed by atoms with Crippen molar-refractivity contribution >= 4 is 0 Å². The van der Waals surface area contributed by atoms with Crippen molar-refractivity contribution in [2.24, 2.45) is 29.6 Å². The molecule has 2 heteroatoms. The van der Waals surface area contributed by atoms with Gasteiger partial charge in [0.1, 0.15) is 5.75 Å². The summed E-state index contributed by atoms with van der Waals surface area (Å²) in [6.45, 7) is 2.06. The average Bonchev–Trinajstić information content (AvgIpc) is 2.45. The number of benzene rings is 1. The van der Waals surface area contributed by atoms with E-state index in [9.17, 15) is 5.11 Å². The quantitative estimate of drug-likeness (QED) is 0.906. The van der Waals surface area contributed by atoms with E-state index in [-0.39, 0.29) is 6.10 Å². The molecule has 0 aliphatic heterocycles. The second-order valence-electron chi connectivity index (χ2n) is 7.68. The highest BCUT2D eigenvalue weighted by Gasteiger charge is 2.50. The Morgan fingerprint density at radius 1 is 1.05 bits per heavy atom. The zero-order valence-electron chi connectivity index (χ0n) is 13.1. The van der Waals surface area contributed by atoms with Crippen molar-refractivity contribution in [2.75, 3.05) is 7.11 Å². The highest BCUT2D eigenvalue weighted by atomic mass is 16.5. The standard InChI is InChI=1S/C19H26O2/c1-11-5-14(3-4-17(11)21-2)19(20)18-15-7-12-6-13(9-15)10-16(18)8-12/h3-5,12-13,15-16,18-20H,6-10H2,1-2H3. The molecule has 1 N–H and O–H groups in total. The van der Waals surface area contributed by atoms with Crippen LogP contribution in [0.5, 0.6) is 5.75 Å². The zero-order valence-corrected chi connectivity index (χ0v) is 13.1. The van der Waals surface area contributed by atoms with Gasteiger partial charge >= 0.3 is 0 Å². The van der Waals surface area contributed by atoms with Crippen molar-refractivity contribution in [3.05, 3.63) is 29.3 Å². The van der Waals surface area contributed by atoms with Crippen LogP contribution in [0.15, 0.2) is 18.2 Å². The van der Waals surface area contributed by atoms with Crippen LogP contribution in [-0.4, -0.2) is 12.2 Å². The van der Waals surface area contributed by atoms with E-state index in [1.54, 1.807) is 7.11 Å². The maximum absolute atomic E-state index is 11.0. The van der Waals surface area contributed by atoms with Crippen LogP contribution in [0.2, 0.25) is 0 Å². The Hall–Kier alpha value is -1.02. The summed E-state index contributed by atoms with van der Waals surface area (Å²) in [6.07, 6.45) is 6.64. The maximum Gasteiger partial charge on any atom is 0.121 e. The number of aliphatic hydroxyl groups is 1. The lowest BCUT2D eigenvalue weighted by Gasteiger charge is -2.55. The molecule has 1 atom stereocenters. The van der Waals surface area contributed by atoms with Gasteiger partial charge in [-0.15, -0.1) is 0 Å². The Morgan fingerprint density at radius 2 is 1.67 bits per heavy atom. The van der Waals surface area contributed by atoms with Gasteiger partial charge in [0.15, 0.2) is 0 Å². The Balaban J connectivity index is 1.60. The summed E-state index contributed by atoms with van der Waals surface area (Å²) in [6, 6.07) is 6.18. The van der Waals surface area contributed by atoms with E-state index in [4.69, 9.17) is 4.74 Å². The molecule has 4 bridgehead atoms. The lowest BCUT2D eigenvalue weighted by Crippen LogP contribution is -2.47. The second-order valence-corrected chi connectivity index (χ2v) is 7.68. The van der Waals surface area contributed by atoms with Gasteiger partial charge in [-0.3, -0.25) is 0 Å².